The maximum Gasteiger partial charge on any atom is 0.414 e. The second-order valence-corrected chi connectivity index (χ2v) is 7.36. The van der Waals surface area contributed by atoms with Crippen LogP contribution in [0.3, 0.4) is 0 Å². The number of amides is 1. The van der Waals surface area contributed by atoms with Gasteiger partial charge in [-0.3, -0.25) is 4.90 Å². The monoisotopic (exact) mass is 343 g/mol. The second-order valence-electron chi connectivity index (χ2n) is 6.43. The Hall–Kier alpha value is -1.92. The van der Waals surface area contributed by atoms with Crippen molar-refractivity contribution in [2.24, 2.45) is 5.92 Å². The number of hydrogen-bond acceptors (Lipinski definition) is 5. The van der Waals surface area contributed by atoms with E-state index in [0.717, 1.165) is 5.69 Å². The quantitative estimate of drug-likeness (QED) is 0.864. The Morgan fingerprint density at radius 1 is 1.42 bits per heavy atom. The Bertz CT molecular complexity index is 715. The molecule has 126 valence electrons. The molecular formula is C18H21N3O2S. The Morgan fingerprint density at radius 2 is 2.29 bits per heavy atom. The molecule has 2 heterocycles. The summed E-state index contributed by atoms with van der Waals surface area (Å²) in [7, 11) is 0. The highest BCUT2D eigenvalue weighted by Crippen LogP contribution is 2.42. The maximum atomic E-state index is 11.8. The molecule has 0 radical (unpaired) electrons. The molecule has 2 fully saturated rings. The van der Waals surface area contributed by atoms with Crippen LogP contribution in [-0.2, 0) is 4.74 Å². The van der Waals surface area contributed by atoms with Crippen LogP contribution in [0.2, 0.25) is 0 Å². The van der Waals surface area contributed by atoms with Crippen molar-refractivity contribution in [2.75, 3.05) is 18.1 Å². The number of cyclic esters (lactones) is 1. The molecule has 0 spiro atoms. The highest BCUT2D eigenvalue weighted by molar-refractivity contribution is 7.09. The Morgan fingerprint density at radius 3 is 2.96 bits per heavy atom. The minimum absolute atomic E-state index is 0.193. The smallest absolute Gasteiger partial charge is 0.414 e. The van der Waals surface area contributed by atoms with E-state index in [4.69, 9.17) is 4.74 Å². The fraction of sp³-hybridized carbons (Fsp3) is 0.444. The SMILES string of the molecule is CC(NC(c1nccs1)C1CC1)c1cccc(N2CCOC2=O)c1. The van der Waals surface area contributed by atoms with Gasteiger partial charge in [0.25, 0.3) is 0 Å². The topological polar surface area (TPSA) is 54.5 Å². The number of benzene rings is 1. The number of thiazole rings is 1. The normalized spacial score (nSPS) is 20.0. The van der Waals surface area contributed by atoms with Gasteiger partial charge in [-0.25, -0.2) is 9.78 Å². The number of carbonyl (C=O) groups is 1. The molecule has 1 amide bonds. The summed E-state index contributed by atoms with van der Waals surface area (Å²) in [6, 6.07) is 8.66. The molecule has 0 bridgehead atoms. The zero-order valence-electron chi connectivity index (χ0n) is 13.6. The van der Waals surface area contributed by atoms with Crippen LogP contribution in [0.25, 0.3) is 0 Å². The fourth-order valence-corrected chi connectivity index (χ4v) is 3.97. The first-order valence-electron chi connectivity index (χ1n) is 8.42. The molecule has 1 aromatic heterocycles. The van der Waals surface area contributed by atoms with Crippen molar-refractivity contribution >= 4 is 23.1 Å². The zero-order valence-corrected chi connectivity index (χ0v) is 14.5. The minimum Gasteiger partial charge on any atom is -0.447 e. The van der Waals surface area contributed by atoms with Crippen molar-refractivity contribution < 1.29 is 9.53 Å². The molecule has 24 heavy (non-hydrogen) atoms. The molecule has 1 aromatic carbocycles. The van der Waals surface area contributed by atoms with Gasteiger partial charge in [-0.15, -0.1) is 11.3 Å². The predicted octanol–water partition coefficient (Wildman–Crippen LogP) is 3.90. The van der Waals surface area contributed by atoms with Crippen molar-refractivity contribution in [1.82, 2.24) is 10.3 Å². The highest BCUT2D eigenvalue weighted by Gasteiger charge is 2.34. The molecule has 5 nitrogen and oxygen atoms in total. The van der Waals surface area contributed by atoms with Gasteiger partial charge in [-0.2, -0.15) is 0 Å². The van der Waals surface area contributed by atoms with Crippen molar-refractivity contribution in [3.63, 3.8) is 0 Å². The van der Waals surface area contributed by atoms with Gasteiger partial charge in [0.1, 0.15) is 11.6 Å². The lowest BCUT2D eigenvalue weighted by atomic mass is 10.0. The van der Waals surface area contributed by atoms with Crippen molar-refractivity contribution in [3.8, 4) is 0 Å². The van der Waals surface area contributed by atoms with E-state index < -0.39 is 0 Å². The first-order valence-corrected chi connectivity index (χ1v) is 9.30. The van der Waals surface area contributed by atoms with E-state index in [0.29, 0.717) is 25.1 Å². The van der Waals surface area contributed by atoms with Gasteiger partial charge < -0.3 is 10.1 Å². The number of ether oxygens (including phenoxy) is 1. The molecule has 1 N–H and O–H groups in total. The van der Waals surface area contributed by atoms with Crippen LogP contribution in [0.1, 0.15) is 42.4 Å². The molecule has 2 atom stereocenters. The zero-order chi connectivity index (χ0) is 16.5. The lowest BCUT2D eigenvalue weighted by molar-refractivity contribution is 0.181. The maximum absolute atomic E-state index is 11.8. The number of nitrogens with zero attached hydrogens (tertiary/aromatic N) is 2. The first kappa shape index (κ1) is 15.6. The third-order valence-corrected chi connectivity index (χ3v) is 5.54. The largest absolute Gasteiger partial charge is 0.447 e. The van der Waals surface area contributed by atoms with E-state index in [9.17, 15) is 4.79 Å². The molecule has 2 aromatic rings. The standard InChI is InChI=1S/C18H21N3O2S/c1-12(20-16(13-5-6-13)17-19-7-10-24-17)14-3-2-4-15(11-14)21-8-9-23-18(21)22/h2-4,7,10-13,16,20H,5-6,8-9H2,1H3. The number of nitrogens with one attached hydrogen (secondary N) is 1. The predicted molar refractivity (Wildman–Crippen MR) is 94.3 cm³/mol. The lowest BCUT2D eigenvalue weighted by Crippen LogP contribution is -2.27. The van der Waals surface area contributed by atoms with E-state index in [2.05, 4.69) is 29.4 Å². The minimum atomic E-state index is -0.258. The molecule has 6 heteroatoms. The van der Waals surface area contributed by atoms with E-state index in [1.807, 2.05) is 23.7 Å². The summed E-state index contributed by atoms with van der Waals surface area (Å²) in [6.07, 6.45) is 4.15. The van der Waals surface area contributed by atoms with Crippen LogP contribution in [0.15, 0.2) is 35.8 Å². The van der Waals surface area contributed by atoms with Gasteiger partial charge in [0.2, 0.25) is 0 Å². The first-order chi connectivity index (χ1) is 11.7. The van der Waals surface area contributed by atoms with Gasteiger partial charge in [-0.05, 0) is 43.4 Å². The number of aromatic nitrogens is 1. The number of anilines is 1. The van der Waals surface area contributed by atoms with E-state index in [1.54, 1.807) is 16.2 Å². The van der Waals surface area contributed by atoms with Crippen LogP contribution in [0.5, 0.6) is 0 Å². The Labute approximate surface area is 145 Å². The number of carbonyl (C=O) groups excluding carboxylic acids is 1. The molecule has 4 rings (SSSR count). The summed E-state index contributed by atoms with van der Waals surface area (Å²) in [4.78, 5) is 18.0. The molecule has 2 aliphatic rings. The molecule has 1 aliphatic heterocycles. The summed E-state index contributed by atoms with van der Waals surface area (Å²) in [6.45, 7) is 3.25. The fourth-order valence-electron chi connectivity index (χ4n) is 3.18. The van der Waals surface area contributed by atoms with E-state index in [1.165, 1.54) is 23.4 Å². The summed E-state index contributed by atoms with van der Waals surface area (Å²) in [5.74, 6) is 0.690. The summed E-state index contributed by atoms with van der Waals surface area (Å²) >= 11 is 1.72. The molecule has 1 aliphatic carbocycles. The van der Waals surface area contributed by atoms with Crippen molar-refractivity contribution in [1.29, 1.82) is 0 Å². The van der Waals surface area contributed by atoms with Crippen molar-refractivity contribution in [3.05, 3.63) is 46.4 Å². The van der Waals surface area contributed by atoms with Crippen LogP contribution in [0.4, 0.5) is 10.5 Å². The second kappa shape index (κ2) is 6.53. The third-order valence-electron chi connectivity index (χ3n) is 4.68. The summed E-state index contributed by atoms with van der Waals surface area (Å²) in [5, 5.41) is 6.95. The average molecular weight is 343 g/mol. The van der Waals surface area contributed by atoms with Gasteiger partial charge in [0, 0.05) is 23.3 Å². The molecule has 2 unspecified atom stereocenters. The van der Waals surface area contributed by atoms with Crippen LogP contribution in [-0.4, -0.2) is 24.2 Å². The van der Waals surface area contributed by atoms with E-state index >= 15 is 0 Å². The summed E-state index contributed by atoms with van der Waals surface area (Å²) < 4.78 is 5.04. The van der Waals surface area contributed by atoms with Gasteiger partial charge >= 0.3 is 6.09 Å². The molecular weight excluding hydrogens is 322 g/mol. The number of rotatable bonds is 6. The third kappa shape index (κ3) is 3.16. The molecule has 1 saturated heterocycles. The Kier molecular flexibility index (Phi) is 4.24. The molecule has 1 saturated carbocycles. The van der Waals surface area contributed by atoms with Crippen LogP contribution < -0.4 is 10.2 Å². The number of hydrogen-bond donors (Lipinski definition) is 1. The van der Waals surface area contributed by atoms with Crippen molar-refractivity contribution in [2.45, 2.75) is 31.8 Å². The van der Waals surface area contributed by atoms with Gasteiger partial charge in [-0.1, -0.05) is 12.1 Å². The van der Waals surface area contributed by atoms with Crippen LogP contribution >= 0.6 is 11.3 Å². The highest BCUT2D eigenvalue weighted by atomic mass is 32.1. The summed E-state index contributed by atoms with van der Waals surface area (Å²) in [5.41, 5.74) is 2.08. The average Bonchev–Trinajstić information content (AvgIpc) is 3.11. The Balaban J connectivity index is 1.51. The van der Waals surface area contributed by atoms with E-state index in [-0.39, 0.29) is 12.1 Å². The lowest BCUT2D eigenvalue weighted by Gasteiger charge is -2.23. The van der Waals surface area contributed by atoms with Gasteiger partial charge in [0.15, 0.2) is 0 Å². The van der Waals surface area contributed by atoms with Gasteiger partial charge in [0.05, 0.1) is 12.6 Å². The van der Waals surface area contributed by atoms with Crippen LogP contribution in [0, 0.1) is 5.92 Å².